The molecule has 92 valence electrons. The summed E-state index contributed by atoms with van der Waals surface area (Å²) >= 11 is 0. The highest BCUT2D eigenvalue weighted by Gasteiger charge is 2.51. The highest BCUT2D eigenvalue weighted by molar-refractivity contribution is 6.30. The van der Waals surface area contributed by atoms with Crippen molar-refractivity contribution >= 4 is 19.0 Å². The van der Waals surface area contributed by atoms with Crippen LogP contribution in [0, 0.1) is 0 Å². The normalized spacial score (nSPS) is 23.2. The van der Waals surface area contributed by atoms with E-state index in [1.807, 2.05) is 6.07 Å². The fraction of sp³-hybridized carbons (Fsp3) is 0.286. The molecule has 0 aliphatic heterocycles. The summed E-state index contributed by atoms with van der Waals surface area (Å²) < 4.78 is 5.53. The highest BCUT2D eigenvalue weighted by atomic mass is 16.5. The molecule has 1 atom stereocenters. The van der Waals surface area contributed by atoms with Gasteiger partial charge in [-0.05, 0) is 12.0 Å². The van der Waals surface area contributed by atoms with Crippen LogP contribution in [0.4, 0.5) is 0 Å². The van der Waals surface area contributed by atoms with Crippen molar-refractivity contribution in [1.29, 1.82) is 0 Å². The lowest BCUT2D eigenvalue weighted by Gasteiger charge is -2.27. The quantitative estimate of drug-likeness (QED) is 0.350. The van der Waals surface area contributed by atoms with Gasteiger partial charge in [0.15, 0.2) is 11.4 Å². The number of benzene rings is 1. The first-order valence-electron chi connectivity index (χ1n) is 6.08. The Morgan fingerprint density at radius 3 is 2.50 bits per heavy atom. The van der Waals surface area contributed by atoms with Gasteiger partial charge in [0.1, 0.15) is 0 Å². The first kappa shape index (κ1) is 12.8. The molecule has 1 aliphatic rings. The zero-order chi connectivity index (χ0) is 13.2. The molecule has 1 saturated carbocycles. The van der Waals surface area contributed by atoms with Crippen molar-refractivity contribution in [3.05, 3.63) is 48.0 Å². The van der Waals surface area contributed by atoms with Crippen LogP contribution in [0.1, 0.15) is 23.2 Å². The summed E-state index contributed by atoms with van der Waals surface area (Å²) in [6, 6.07) is 8.77. The minimum atomic E-state index is -1.45. The predicted octanol–water partition coefficient (Wildman–Crippen LogP) is 1.94. The third-order valence-electron chi connectivity index (χ3n) is 3.26. The van der Waals surface area contributed by atoms with Gasteiger partial charge in [-0.3, -0.25) is 9.59 Å². The highest BCUT2D eigenvalue weighted by Crippen LogP contribution is 2.36. The molecular formula is C14H15BO3. The zero-order valence-electron chi connectivity index (χ0n) is 10.4. The van der Waals surface area contributed by atoms with Gasteiger partial charge in [-0.2, -0.15) is 0 Å². The Bertz CT molecular complexity index is 477. The maximum absolute atomic E-state index is 12.6. The summed E-state index contributed by atoms with van der Waals surface area (Å²) in [7, 11) is 0.309. The Labute approximate surface area is 107 Å². The Morgan fingerprint density at radius 2 is 2.00 bits per heavy atom. The number of rotatable bonds is 4. The number of carbonyl (C=O) groups excluding carboxylic acids is 2. The molecule has 0 amide bonds. The van der Waals surface area contributed by atoms with Crippen LogP contribution in [0.25, 0.3) is 0 Å². The zero-order valence-corrected chi connectivity index (χ0v) is 10.4. The van der Waals surface area contributed by atoms with Crippen molar-refractivity contribution in [1.82, 2.24) is 0 Å². The van der Waals surface area contributed by atoms with E-state index in [0.29, 0.717) is 31.5 Å². The molecule has 0 N–H and O–H groups in total. The Hall–Kier alpha value is -1.68. The van der Waals surface area contributed by atoms with Crippen LogP contribution >= 0.6 is 0 Å². The summed E-state index contributed by atoms with van der Waals surface area (Å²) in [5.41, 5.74) is -0.388. The first-order valence-corrected chi connectivity index (χ1v) is 6.08. The maximum atomic E-state index is 12.6. The van der Waals surface area contributed by atoms with Crippen LogP contribution in [-0.4, -0.2) is 24.6 Å². The lowest BCUT2D eigenvalue weighted by atomic mass is 9.85. The van der Waals surface area contributed by atoms with Gasteiger partial charge in [0.05, 0.1) is 0 Å². The van der Waals surface area contributed by atoms with Crippen LogP contribution < -0.4 is 0 Å². The molecule has 18 heavy (non-hydrogen) atoms. The Morgan fingerprint density at radius 1 is 1.33 bits per heavy atom. The summed E-state index contributed by atoms with van der Waals surface area (Å²) in [4.78, 5) is 24.7. The average molecular weight is 242 g/mol. The predicted molar refractivity (Wildman–Crippen MR) is 71.0 cm³/mol. The van der Waals surface area contributed by atoms with Crippen LogP contribution in [0.5, 0.6) is 0 Å². The molecule has 1 unspecified atom stereocenters. The second kappa shape index (κ2) is 4.90. The van der Waals surface area contributed by atoms with Gasteiger partial charge in [-0.1, -0.05) is 43.7 Å². The van der Waals surface area contributed by atoms with E-state index in [1.54, 1.807) is 31.1 Å². The molecule has 1 aliphatic carbocycles. The standard InChI is InChI=1S/C14H15BO3/c1-10-8-9-12(16)14(10,18-15-2)13(17)11-6-4-3-5-7-11/h3-7,15H,1,8-9H2,2H3. The van der Waals surface area contributed by atoms with Gasteiger partial charge >= 0.3 is 0 Å². The molecule has 2 rings (SSSR count). The molecule has 0 heterocycles. The summed E-state index contributed by atoms with van der Waals surface area (Å²) in [6.07, 6.45) is 0.856. The topological polar surface area (TPSA) is 43.4 Å². The van der Waals surface area contributed by atoms with Crippen LogP contribution in [0.2, 0.25) is 6.82 Å². The lowest BCUT2D eigenvalue weighted by molar-refractivity contribution is -0.126. The molecular weight excluding hydrogens is 227 g/mol. The van der Waals surface area contributed by atoms with Gasteiger partial charge < -0.3 is 4.65 Å². The molecule has 3 nitrogen and oxygen atoms in total. The Kier molecular flexibility index (Phi) is 3.48. The van der Waals surface area contributed by atoms with E-state index >= 15 is 0 Å². The van der Waals surface area contributed by atoms with Crippen LogP contribution in [0.15, 0.2) is 42.5 Å². The summed E-state index contributed by atoms with van der Waals surface area (Å²) in [5.74, 6) is -0.472. The molecule has 0 spiro atoms. The van der Waals surface area contributed by atoms with Crippen molar-refractivity contribution in [2.24, 2.45) is 0 Å². The van der Waals surface area contributed by atoms with Gasteiger partial charge in [0, 0.05) is 12.0 Å². The van der Waals surface area contributed by atoms with Gasteiger partial charge in [-0.15, -0.1) is 0 Å². The number of carbonyl (C=O) groups is 2. The molecule has 1 aromatic rings. The van der Waals surface area contributed by atoms with E-state index in [1.165, 1.54) is 0 Å². The largest absolute Gasteiger partial charge is 0.419 e. The van der Waals surface area contributed by atoms with Crippen LogP contribution in [-0.2, 0) is 9.45 Å². The summed E-state index contributed by atoms with van der Waals surface area (Å²) in [5, 5.41) is 0. The fourth-order valence-corrected chi connectivity index (χ4v) is 2.36. The SMILES string of the molecule is C=C1CCC(=O)C1(OBC)C(=O)c1ccccc1. The van der Waals surface area contributed by atoms with Crippen molar-refractivity contribution in [2.75, 3.05) is 0 Å². The average Bonchev–Trinajstić information content (AvgIpc) is 2.68. The van der Waals surface area contributed by atoms with Crippen molar-refractivity contribution in [3.63, 3.8) is 0 Å². The summed E-state index contributed by atoms with van der Waals surface area (Å²) in [6.45, 7) is 5.63. The van der Waals surface area contributed by atoms with Crippen molar-refractivity contribution in [3.8, 4) is 0 Å². The third kappa shape index (κ3) is 1.83. The van der Waals surface area contributed by atoms with E-state index in [0.717, 1.165) is 0 Å². The van der Waals surface area contributed by atoms with Crippen molar-refractivity contribution < 1.29 is 14.2 Å². The van der Waals surface area contributed by atoms with Crippen LogP contribution in [0.3, 0.4) is 0 Å². The second-order valence-corrected chi connectivity index (χ2v) is 4.34. The molecule has 0 bridgehead atoms. The Balaban J connectivity index is 2.46. The number of ketones is 2. The molecule has 4 heteroatoms. The minimum Gasteiger partial charge on any atom is -0.419 e. The van der Waals surface area contributed by atoms with E-state index in [9.17, 15) is 9.59 Å². The van der Waals surface area contributed by atoms with Gasteiger partial charge in [0.2, 0.25) is 5.78 Å². The first-order chi connectivity index (χ1) is 8.63. The smallest absolute Gasteiger partial charge is 0.274 e. The lowest BCUT2D eigenvalue weighted by Crippen LogP contribution is -2.47. The number of hydrogen-bond donors (Lipinski definition) is 0. The third-order valence-corrected chi connectivity index (χ3v) is 3.26. The molecule has 1 fully saturated rings. The molecule has 0 radical (unpaired) electrons. The van der Waals surface area contributed by atoms with E-state index in [-0.39, 0.29) is 11.6 Å². The molecule has 1 aromatic carbocycles. The second-order valence-electron chi connectivity index (χ2n) is 4.34. The van der Waals surface area contributed by atoms with E-state index in [4.69, 9.17) is 4.65 Å². The number of hydrogen-bond acceptors (Lipinski definition) is 3. The van der Waals surface area contributed by atoms with Gasteiger partial charge in [-0.25, -0.2) is 0 Å². The van der Waals surface area contributed by atoms with E-state index < -0.39 is 5.60 Å². The molecule has 0 aromatic heterocycles. The van der Waals surface area contributed by atoms with Crippen molar-refractivity contribution in [2.45, 2.75) is 25.3 Å². The molecule has 0 saturated heterocycles. The maximum Gasteiger partial charge on any atom is 0.274 e. The number of Topliss-reactive ketones (excluding diaryl/α,β-unsaturated/α-hetero) is 2. The minimum absolute atomic E-state index is 0.178. The van der Waals surface area contributed by atoms with E-state index in [2.05, 4.69) is 6.58 Å². The van der Waals surface area contributed by atoms with Gasteiger partial charge in [0.25, 0.3) is 7.48 Å². The monoisotopic (exact) mass is 242 g/mol. The fourth-order valence-electron chi connectivity index (χ4n) is 2.36.